The van der Waals surface area contributed by atoms with Gasteiger partial charge in [-0.25, -0.2) is 4.79 Å². The van der Waals surface area contributed by atoms with E-state index in [1.807, 2.05) is 218 Å². The molecule has 7 rings (SSSR count). The normalized spacial score (nSPS) is 10.8. The summed E-state index contributed by atoms with van der Waals surface area (Å²) in [4.78, 5) is 45.3. The summed E-state index contributed by atoms with van der Waals surface area (Å²) in [5.74, 6) is -0.881. The van der Waals surface area contributed by atoms with Crippen molar-refractivity contribution in [3.8, 4) is 0 Å². The van der Waals surface area contributed by atoms with E-state index >= 15 is 0 Å². The lowest BCUT2D eigenvalue weighted by atomic mass is 10.1. The molecule has 62 heavy (non-hydrogen) atoms. The van der Waals surface area contributed by atoms with E-state index < -0.39 is 5.97 Å². The minimum absolute atomic E-state index is 0.0114. The Kier molecular flexibility index (Phi) is 21.3. The Morgan fingerprint density at radius 3 is 0.661 bits per heavy atom. The first kappa shape index (κ1) is 46.6. The first-order chi connectivity index (χ1) is 30.3. The van der Waals surface area contributed by atoms with E-state index in [1.54, 1.807) is 54.0 Å². The van der Waals surface area contributed by atoms with Crippen LogP contribution >= 0.6 is 11.3 Å². The van der Waals surface area contributed by atoms with Crippen molar-refractivity contribution in [3.63, 3.8) is 0 Å². The number of ketones is 3. The van der Waals surface area contributed by atoms with E-state index in [0.717, 1.165) is 33.4 Å². The summed E-state index contributed by atoms with van der Waals surface area (Å²) < 4.78 is 0. The third-order valence-electron chi connectivity index (χ3n) is 8.17. The zero-order valence-corrected chi connectivity index (χ0v) is 34.8. The monoisotopic (exact) mass is 830 g/mol. The fourth-order valence-corrected chi connectivity index (χ4v) is 5.58. The number of hydrogen-bond donors (Lipinski definition) is 1. The largest absolute Gasteiger partial charge is 0.477 e. The average molecular weight is 831 g/mol. The standard InChI is InChI=1S/3C17H14O.C5H4O2S/c3*18-17(13-11-15-7-3-1-4-8-15)14-12-16-9-5-2-6-10-16;6-5(7)4-2-1-3-8-4/h3*1-14H;1-3H,(H,6,7). The van der Waals surface area contributed by atoms with Gasteiger partial charge in [-0.15, -0.1) is 11.3 Å². The second kappa shape index (κ2) is 28.4. The van der Waals surface area contributed by atoms with Crippen molar-refractivity contribution in [2.75, 3.05) is 0 Å². The van der Waals surface area contributed by atoms with Gasteiger partial charge in [0.25, 0.3) is 0 Å². The molecule has 0 aliphatic heterocycles. The number of carboxylic acids is 1. The molecule has 0 radical (unpaired) electrons. The quantitative estimate of drug-likeness (QED) is 0.117. The second-order valence-electron chi connectivity index (χ2n) is 13.0. The number of allylic oxidation sites excluding steroid dienone is 6. The van der Waals surface area contributed by atoms with Crippen LogP contribution in [0.3, 0.4) is 0 Å². The van der Waals surface area contributed by atoms with Crippen molar-refractivity contribution in [1.82, 2.24) is 0 Å². The van der Waals surface area contributed by atoms with Crippen LogP contribution in [0.4, 0.5) is 0 Å². The summed E-state index contributed by atoms with van der Waals surface area (Å²) in [6, 6.07) is 61.9. The summed E-state index contributed by atoms with van der Waals surface area (Å²) in [6.07, 6.45) is 20.4. The van der Waals surface area contributed by atoms with Crippen LogP contribution in [-0.2, 0) is 14.4 Å². The molecular formula is C56H46O5S. The summed E-state index contributed by atoms with van der Waals surface area (Å²) in [7, 11) is 0. The highest BCUT2D eigenvalue weighted by Crippen LogP contribution is 2.08. The zero-order valence-electron chi connectivity index (χ0n) is 34.0. The smallest absolute Gasteiger partial charge is 0.345 e. The van der Waals surface area contributed by atoms with Gasteiger partial charge in [0.15, 0.2) is 17.3 Å². The van der Waals surface area contributed by atoms with E-state index in [-0.39, 0.29) is 17.3 Å². The van der Waals surface area contributed by atoms with Gasteiger partial charge in [-0.05, 0) is 81.3 Å². The molecule has 6 aromatic carbocycles. The molecule has 5 nitrogen and oxygen atoms in total. The van der Waals surface area contributed by atoms with Crippen LogP contribution in [0, 0.1) is 0 Å². The van der Waals surface area contributed by atoms with Crippen LogP contribution in [0.5, 0.6) is 0 Å². The molecule has 0 bridgehead atoms. The number of carbonyl (C=O) groups excluding carboxylic acids is 3. The molecule has 1 aromatic heterocycles. The topological polar surface area (TPSA) is 88.5 Å². The average Bonchev–Trinajstić information content (AvgIpc) is 3.89. The van der Waals surface area contributed by atoms with Crippen molar-refractivity contribution >= 4 is 71.1 Å². The Balaban J connectivity index is 0.000000188. The van der Waals surface area contributed by atoms with Crippen molar-refractivity contribution < 1.29 is 24.3 Å². The molecule has 6 heteroatoms. The summed E-state index contributed by atoms with van der Waals surface area (Å²) in [5, 5.41) is 10.0. The maximum Gasteiger partial charge on any atom is 0.345 e. The summed E-state index contributed by atoms with van der Waals surface area (Å²) in [5.41, 5.74) is 6.16. The highest BCUT2D eigenvalue weighted by atomic mass is 32.1. The molecule has 306 valence electrons. The molecule has 0 amide bonds. The van der Waals surface area contributed by atoms with Crippen LogP contribution < -0.4 is 0 Å². The zero-order chi connectivity index (χ0) is 43.9. The first-order valence-electron chi connectivity index (χ1n) is 19.6. The van der Waals surface area contributed by atoms with Gasteiger partial charge in [0.2, 0.25) is 0 Å². The molecule has 0 aliphatic carbocycles. The van der Waals surface area contributed by atoms with Crippen molar-refractivity contribution in [1.29, 1.82) is 0 Å². The van der Waals surface area contributed by atoms with Gasteiger partial charge in [-0.1, -0.05) is 225 Å². The van der Waals surface area contributed by atoms with E-state index in [4.69, 9.17) is 5.11 Å². The first-order valence-corrected chi connectivity index (χ1v) is 20.5. The number of carboxylic acid groups (broad SMARTS) is 1. The Morgan fingerprint density at radius 1 is 0.306 bits per heavy atom. The lowest BCUT2D eigenvalue weighted by molar-refractivity contribution is -0.111. The molecule has 0 fully saturated rings. The lowest BCUT2D eigenvalue weighted by Crippen LogP contribution is -1.89. The van der Waals surface area contributed by atoms with Gasteiger partial charge in [-0.2, -0.15) is 0 Å². The summed E-state index contributed by atoms with van der Waals surface area (Å²) in [6.45, 7) is 0. The van der Waals surface area contributed by atoms with Crippen LogP contribution in [0.25, 0.3) is 36.5 Å². The number of aromatic carboxylic acids is 1. The molecule has 0 unspecified atom stereocenters. The number of thiophene rings is 1. The maximum absolute atomic E-state index is 11.6. The molecule has 0 aliphatic rings. The van der Waals surface area contributed by atoms with Crippen LogP contribution in [0.2, 0.25) is 0 Å². The molecule has 0 atom stereocenters. The van der Waals surface area contributed by atoms with Crippen LogP contribution in [0.1, 0.15) is 43.1 Å². The summed E-state index contributed by atoms with van der Waals surface area (Å²) >= 11 is 1.23. The van der Waals surface area contributed by atoms with Crippen LogP contribution in [-0.4, -0.2) is 28.4 Å². The third-order valence-corrected chi connectivity index (χ3v) is 9.03. The van der Waals surface area contributed by atoms with Gasteiger partial charge in [-0.3, -0.25) is 14.4 Å². The van der Waals surface area contributed by atoms with Gasteiger partial charge in [0.05, 0.1) is 0 Å². The van der Waals surface area contributed by atoms with Gasteiger partial charge in [0.1, 0.15) is 4.88 Å². The van der Waals surface area contributed by atoms with E-state index in [0.29, 0.717) is 4.88 Å². The lowest BCUT2D eigenvalue weighted by Gasteiger charge is -1.91. The van der Waals surface area contributed by atoms with Gasteiger partial charge in [0, 0.05) is 0 Å². The van der Waals surface area contributed by atoms with E-state index in [2.05, 4.69) is 0 Å². The van der Waals surface area contributed by atoms with Gasteiger partial charge >= 0.3 is 5.97 Å². The van der Waals surface area contributed by atoms with Crippen molar-refractivity contribution in [2.45, 2.75) is 0 Å². The number of rotatable bonds is 13. The van der Waals surface area contributed by atoms with E-state index in [1.165, 1.54) is 11.3 Å². The molecule has 0 saturated carbocycles. The number of hydrogen-bond acceptors (Lipinski definition) is 5. The molecule has 1 N–H and O–H groups in total. The molecule has 0 saturated heterocycles. The highest BCUT2D eigenvalue weighted by Gasteiger charge is 1.99. The minimum atomic E-state index is -0.847. The third kappa shape index (κ3) is 20.6. The molecule has 1 heterocycles. The fourth-order valence-electron chi connectivity index (χ4n) is 5.02. The predicted molar refractivity (Wildman–Crippen MR) is 259 cm³/mol. The Bertz CT molecular complexity index is 2130. The van der Waals surface area contributed by atoms with Gasteiger partial charge < -0.3 is 5.11 Å². The SMILES string of the molecule is O=C(C=Cc1ccccc1)C=Cc1ccccc1.O=C(C=Cc1ccccc1)C=Cc1ccccc1.O=C(C=Cc1ccccc1)C=Cc1ccccc1.O=C(O)c1cccs1. The Morgan fingerprint density at radius 2 is 0.516 bits per heavy atom. The molecule has 7 aromatic rings. The number of benzene rings is 6. The predicted octanol–water partition coefficient (Wildman–Crippen LogP) is 13.4. The van der Waals surface area contributed by atoms with Crippen molar-refractivity contribution in [2.24, 2.45) is 0 Å². The highest BCUT2D eigenvalue weighted by molar-refractivity contribution is 7.11. The molecular weight excluding hydrogens is 785 g/mol. The number of carbonyl (C=O) groups is 4. The molecule has 0 spiro atoms. The van der Waals surface area contributed by atoms with Crippen LogP contribution in [0.15, 0.2) is 236 Å². The van der Waals surface area contributed by atoms with E-state index in [9.17, 15) is 19.2 Å². The Hall–Kier alpha value is -8.06. The fraction of sp³-hybridized carbons (Fsp3) is 0. The Labute approximate surface area is 368 Å². The van der Waals surface area contributed by atoms with Crippen molar-refractivity contribution in [3.05, 3.63) is 274 Å². The maximum atomic E-state index is 11.6. The second-order valence-corrected chi connectivity index (χ2v) is 13.9. The minimum Gasteiger partial charge on any atom is -0.477 e.